The minimum Gasteiger partial charge on any atom is -0.488 e. The van der Waals surface area contributed by atoms with E-state index in [0.717, 1.165) is 65.8 Å². The van der Waals surface area contributed by atoms with E-state index >= 15 is 0 Å². The fraction of sp³-hybridized carbons (Fsp3) is 0.346. The first-order valence-corrected chi connectivity index (χ1v) is 11.0. The van der Waals surface area contributed by atoms with Gasteiger partial charge in [0.2, 0.25) is 0 Å². The van der Waals surface area contributed by atoms with Gasteiger partial charge in [-0.25, -0.2) is 0 Å². The van der Waals surface area contributed by atoms with Crippen molar-refractivity contribution in [1.82, 2.24) is 14.9 Å². The zero-order valence-electron chi connectivity index (χ0n) is 18.3. The molecule has 0 saturated carbocycles. The van der Waals surface area contributed by atoms with Crippen LogP contribution in [0, 0.1) is 13.8 Å². The summed E-state index contributed by atoms with van der Waals surface area (Å²) in [5.74, 6) is 0.927. The van der Waals surface area contributed by atoms with Crippen LogP contribution in [0.5, 0.6) is 5.75 Å². The molecule has 1 aliphatic heterocycles. The van der Waals surface area contributed by atoms with E-state index in [1.54, 1.807) is 12.4 Å². The molecule has 1 unspecified atom stereocenters. The second kappa shape index (κ2) is 9.73. The molecule has 1 saturated heterocycles. The summed E-state index contributed by atoms with van der Waals surface area (Å²) in [5.41, 5.74) is 4.86. The number of nitrogens with zero attached hydrogens (tertiary/aromatic N) is 3. The maximum absolute atomic E-state index is 13.6. The van der Waals surface area contributed by atoms with Crippen LogP contribution >= 0.6 is 0 Å². The zero-order valence-corrected chi connectivity index (χ0v) is 18.3. The Morgan fingerprint density at radius 2 is 1.81 bits per heavy atom. The number of likely N-dealkylation sites (tertiary alicyclic amines) is 1. The van der Waals surface area contributed by atoms with Crippen molar-refractivity contribution in [3.63, 3.8) is 0 Å². The number of carbonyl (C=O) groups excluding carboxylic acids is 1. The van der Waals surface area contributed by atoms with E-state index in [0.29, 0.717) is 6.61 Å². The zero-order chi connectivity index (χ0) is 21.6. The molecular weight excluding hydrogens is 386 g/mol. The highest BCUT2D eigenvalue weighted by Crippen LogP contribution is 2.33. The van der Waals surface area contributed by atoms with E-state index in [1.807, 2.05) is 67.5 Å². The quantitative estimate of drug-likeness (QED) is 0.558. The van der Waals surface area contributed by atoms with Crippen LogP contribution in [0.15, 0.2) is 61.2 Å². The van der Waals surface area contributed by atoms with E-state index in [-0.39, 0.29) is 11.9 Å². The van der Waals surface area contributed by atoms with Crippen LogP contribution in [0.25, 0.3) is 0 Å². The van der Waals surface area contributed by atoms with Crippen LogP contribution in [0.2, 0.25) is 0 Å². The number of aryl methyl sites for hydroxylation is 2. The second-order valence-electron chi connectivity index (χ2n) is 8.23. The highest BCUT2D eigenvalue weighted by atomic mass is 16.5. The first-order chi connectivity index (χ1) is 15.1. The first-order valence-electron chi connectivity index (χ1n) is 11.0. The van der Waals surface area contributed by atoms with Crippen LogP contribution in [0.1, 0.15) is 64.3 Å². The van der Waals surface area contributed by atoms with Gasteiger partial charge in [-0.3, -0.25) is 14.8 Å². The molecule has 2 aromatic heterocycles. The Morgan fingerprint density at radius 1 is 1.03 bits per heavy atom. The molecule has 3 heterocycles. The van der Waals surface area contributed by atoms with Crippen molar-refractivity contribution in [3.05, 3.63) is 89.0 Å². The fourth-order valence-corrected chi connectivity index (χ4v) is 4.39. The Bertz CT molecular complexity index is 998. The number of rotatable bonds is 5. The van der Waals surface area contributed by atoms with Gasteiger partial charge in [0.15, 0.2) is 0 Å². The Morgan fingerprint density at radius 3 is 2.52 bits per heavy atom. The molecule has 0 bridgehead atoms. The van der Waals surface area contributed by atoms with Gasteiger partial charge in [-0.2, -0.15) is 0 Å². The lowest BCUT2D eigenvalue weighted by molar-refractivity contribution is 0.0680. The third-order valence-electron chi connectivity index (χ3n) is 5.92. The molecule has 0 aliphatic carbocycles. The van der Waals surface area contributed by atoms with Gasteiger partial charge in [0.05, 0.1) is 6.04 Å². The summed E-state index contributed by atoms with van der Waals surface area (Å²) >= 11 is 0. The number of aromatic nitrogens is 2. The average molecular weight is 416 g/mol. The summed E-state index contributed by atoms with van der Waals surface area (Å²) in [6.07, 6.45) is 11.5. The number of hydrogen-bond donors (Lipinski definition) is 0. The predicted octanol–water partition coefficient (Wildman–Crippen LogP) is 5.43. The lowest BCUT2D eigenvalue weighted by Crippen LogP contribution is -2.35. The van der Waals surface area contributed by atoms with E-state index in [1.165, 1.54) is 0 Å². The van der Waals surface area contributed by atoms with Gasteiger partial charge in [0.25, 0.3) is 5.91 Å². The van der Waals surface area contributed by atoms with Crippen molar-refractivity contribution in [1.29, 1.82) is 0 Å². The van der Waals surface area contributed by atoms with Crippen LogP contribution < -0.4 is 4.74 Å². The molecule has 31 heavy (non-hydrogen) atoms. The number of amides is 1. The summed E-state index contributed by atoms with van der Waals surface area (Å²) in [6, 6.07) is 12.0. The highest BCUT2D eigenvalue weighted by molar-refractivity contribution is 5.95. The van der Waals surface area contributed by atoms with Gasteiger partial charge >= 0.3 is 0 Å². The SMILES string of the molecule is Cc1cc(C(=O)N2CCCCCC2c2ccncc2)cc(C)c1OCc1cccnc1. The molecule has 3 aromatic rings. The molecule has 5 heteroatoms. The topological polar surface area (TPSA) is 55.3 Å². The maximum Gasteiger partial charge on any atom is 0.254 e. The van der Waals surface area contributed by atoms with Crippen LogP contribution in [-0.2, 0) is 6.61 Å². The summed E-state index contributed by atoms with van der Waals surface area (Å²) in [7, 11) is 0. The lowest BCUT2D eigenvalue weighted by atomic mass is 10.00. The van der Waals surface area contributed by atoms with Gasteiger partial charge in [0.1, 0.15) is 12.4 Å². The Balaban J connectivity index is 1.57. The van der Waals surface area contributed by atoms with Crippen molar-refractivity contribution in [2.75, 3.05) is 6.54 Å². The standard InChI is InChI=1S/C26H29N3O2/c1-19-15-23(16-20(2)25(19)31-18-21-7-6-11-28-17-21)26(30)29-14-5-3-4-8-24(29)22-9-12-27-13-10-22/h6-7,9-13,15-17,24H,3-5,8,14,18H2,1-2H3. The summed E-state index contributed by atoms with van der Waals surface area (Å²) in [6.45, 7) is 5.25. The van der Waals surface area contributed by atoms with E-state index in [4.69, 9.17) is 4.74 Å². The third-order valence-corrected chi connectivity index (χ3v) is 5.92. The smallest absolute Gasteiger partial charge is 0.254 e. The van der Waals surface area contributed by atoms with Gasteiger partial charge < -0.3 is 9.64 Å². The summed E-state index contributed by atoms with van der Waals surface area (Å²) in [5, 5.41) is 0. The maximum atomic E-state index is 13.6. The van der Waals surface area contributed by atoms with Crippen LogP contribution in [-0.4, -0.2) is 27.3 Å². The van der Waals surface area contributed by atoms with E-state index in [9.17, 15) is 4.79 Å². The Hall–Kier alpha value is -3.21. The molecule has 5 nitrogen and oxygen atoms in total. The third kappa shape index (κ3) is 4.93. The van der Waals surface area contributed by atoms with Gasteiger partial charge in [0, 0.05) is 42.5 Å². The molecule has 1 fully saturated rings. The fourth-order valence-electron chi connectivity index (χ4n) is 4.39. The monoisotopic (exact) mass is 415 g/mol. The van der Waals surface area contributed by atoms with Gasteiger partial charge in [-0.1, -0.05) is 18.9 Å². The molecule has 160 valence electrons. The molecule has 1 amide bonds. The van der Waals surface area contributed by atoms with E-state index in [2.05, 4.69) is 9.97 Å². The van der Waals surface area contributed by atoms with Crippen molar-refractivity contribution in [2.24, 2.45) is 0 Å². The molecule has 1 aliphatic rings. The Kier molecular flexibility index (Phi) is 6.60. The molecule has 1 aromatic carbocycles. The number of hydrogen-bond acceptors (Lipinski definition) is 4. The molecular formula is C26H29N3O2. The highest BCUT2D eigenvalue weighted by Gasteiger charge is 2.28. The number of pyridine rings is 2. The molecule has 1 atom stereocenters. The number of ether oxygens (including phenoxy) is 1. The number of carbonyl (C=O) groups is 1. The largest absolute Gasteiger partial charge is 0.488 e. The number of benzene rings is 1. The minimum absolute atomic E-state index is 0.0914. The van der Waals surface area contributed by atoms with Crippen LogP contribution in [0.3, 0.4) is 0 Å². The van der Waals surface area contributed by atoms with E-state index < -0.39 is 0 Å². The normalized spacial score (nSPS) is 16.6. The summed E-state index contributed by atoms with van der Waals surface area (Å²) in [4.78, 5) is 23.9. The van der Waals surface area contributed by atoms with Gasteiger partial charge in [-0.15, -0.1) is 0 Å². The van der Waals surface area contributed by atoms with Crippen molar-refractivity contribution >= 4 is 5.91 Å². The Labute approximate surface area is 184 Å². The second-order valence-corrected chi connectivity index (χ2v) is 8.23. The first kappa shape index (κ1) is 21.0. The molecule has 0 N–H and O–H groups in total. The average Bonchev–Trinajstić information content (AvgIpc) is 3.05. The summed E-state index contributed by atoms with van der Waals surface area (Å²) < 4.78 is 6.07. The van der Waals surface area contributed by atoms with Crippen LogP contribution in [0.4, 0.5) is 0 Å². The van der Waals surface area contributed by atoms with Crippen molar-refractivity contribution in [3.8, 4) is 5.75 Å². The van der Waals surface area contributed by atoms with Crippen molar-refractivity contribution in [2.45, 2.75) is 52.2 Å². The molecule has 4 rings (SSSR count). The molecule has 0 radical (unpaired) electrons. The molecule has 0 spiro atoms. The lowest BCUT2D eigenvalue weighted by Gasteiger charge is -2.31. The van der Waals surface area contributed by atoms with Crippen molar-refractivity contribution < 1.29 is 9.53 Å². The predicted molar refractivity (Wildman–Crippen MR) is 121 cm³/mol. The minimum atomic E-state index is 0.0914. The van der Waals surface area contributed by atoms with Gasteiger partial charge in [-0.05, 0) is 73.7 Å².